The molecule has 0 bridgehead atoms. The van der Waals surface area contributed by atoms with Crippen molar-refractivity contribution in [1.29, 1.82) is 0 Å². The molecule has 1 aromatic carbocycles. The molecular weight excluding hydrogens is 289 g/mol. The molecule has 0 fully saturated rings. The van der Waals surface area contributed by atoms with Gasteiger partial charge in [-0.05, 0) is 12.5 Å². The molecule has 8 heteroatoms. The van der Waals surface area contributed by atoms with E-state index >= 15 is 0 Å². The third-order valence-corrected chi connectivity index (χ3v) is 2.82. The fraction of sp³-hybridized carbons (Fsp3) is 0.231. The number of benzene rings is 1. The van der Waals surface area contributed by atoms with Crippen molar-refractivity contribution in [3.05, 3.63) is 50.7 Å². The molecule has 112 valence electrons. The highest BCUT2D eigenvalue weighted by molar-refractivity contribution is 5.67. The first kappa shape index (κ1) is 14.9. The van der Waals surface area contributed by atoms with E-state index in [4.69, 9.17) is 0 Å². The van der Waals surface area contributed by atoms with Crippen molar-refractivity contribution < 1.29 is 18.3 Å². The second-order valence-corrected chi connectivity index (χ2v) is 4.53. The smallest absolute Gasteiger partial charge is 0.406 e. The van der Waals surface area contributed by atoms with E-state index in [1.165, 1.54) is 12.1 Å². The lowest BCUT2D eigenvalue weighted by Crippen LogP contribution is -2.34. The van der Waals surface area contributed by atoms with E-state index in [1.54, 1.807) is 24.0 Å². The lowest BCUT2D eigenvalue weighted by atomic mass is 10.1. The molecule has 0 amide bonds. The van der Waals surface area contributed by atoms with Crippen molar-refractivity contribution in [2.24, 2.45) is 0 Å². The maximum absolute atomic E-state index is 12.4. The van der Waals surface area contributed by atoms with Crippen molar-refractivity contribution >= 4 is 0 Å². The van der Waals surface area contributed by atoms with E-state index in [1.807, 2.05) is 0 Å². The van der Waals surface area contributed by atoms with Gasteiger partial charge in [0.15, 0.2) is 0 Å². The van der Waals surface area contributed by atoms with E-state index in [0.29, 0.717) is 0 Å². The van der Waals surface area contributed by atoms with Gasteiger partial charge in [-0.3, -0.25) is 14.3 Å². The number of halogens is 3. The molecule has 2 N–H and O–H groups in total. The standard InChI is InChI=1S/C13H11F3N2O3/c1-7-3-2-4-8(5-7)9-10(19)17-12(21)18(11(9)20)6-13(14,15)16/h2-5,20H,6H2,1H3,(H,17,19,21). The van der Waals surface area contributed by atoms with Crippen LogP contribution < -0.4 is 11.2 Å². The van der Waals surface area contributed by atoms with Crippen LogP contribution in [0.25, 0.3) is 11.1 Å². The lowest BCUT2D eigenvalue weighted by Gasteiger charge is -2.13. The minimum absolute atomic E-state index is 0.0824. The molecular formula is C13H11F3N2O3. The second-order valence-electron chi connectivity index (χ2n) is 4.53. The Balaban J connectivity index is 2.71. The number of H-pyrrole nitrogens is 1. The number of nitrogens with zero attached hydrogens (tertiary/aromatic N) is 1. The van der Waals surface area contributed by atoms with Gasteiger partial charge in [-0.25, -0.2) is 4.79 Å². The van der Waals surface area contributed by atoms with Crippen molar-refractivity contribution in [3.8, 4) is 17.0 Å². The Labute approximate surface area is 116 Å². The first-order chi connectivity index (χ1) is 9.69. The molecule has 5 nitrogen and oxygen atoms in total. The van der Waals surface area contributed by atoms with Crippen LogP contribution in [-0.2, 0) is 6.54 Å². The molecule has 1 aromatic heterocycles. The van der Waals surface area contributed by atoms with Gasteiger partial charge in [-0.15, -0.1) is 0 Å². The average molecular weight is 300 g/mol. The van der Waals surface area contributed by atoms with Crippen molar-refractivity contribution in [3.63, 3.8) is 0 Å². The Bertz CT molecular complexity index is 790. The molecule has 0 saturated carbocycles. The third kappa shape index (κ3) is 3.15. The van der Waals surface area contributed by atoms with Crippen molar-refractivity contribution in [2.75, 3.05) is 0 Å². The topological polar surface area (TPSA) is 75.1 Å². The van der Waals surface area contributed by atoms with Gasteiger partial charge in [0.25, 0.3) is 5.56 Å². The van der Waals surface area contributed by atoms with Gasteiger partial charge in [0.05, 0.1) is 0 Å². The van der Waals surface area contributed by atoms with Gasteiger partial charge in [0.2, 0.25) is 5.88 Å². The molecule has 1 heterocycles. The summed E-state index contributed by atoms with van der Waals surface area (Å²) in [5, 5.41) is 9.90. The SMILES string of the molecule is Cc1cccc(-c2c(O)n(CC(F)(F)F)c(=O)[nH]c2=O)c1. The summed E-state index contributed by atoms with van der Waals surface area (Å²) in [5.74, 6) is -1.01. The van der Waals surface area contributed by atoms with Crippen LogP contribution in [0.1, 0.15) is 5.56 Å². The van der Waals surface area contributed by atoms with Gasteiger partial charge in [0.1, 0.15) is 12.1 Å². The van der Waals surface area contributed by atoms with Gasteiger partial charge in [0, 0.05) is 0 Å². The number of aromatic hydroxyl groups is 1. The zero-order chi connectivity index (χ0) is 15.8. The number of aromatic nitrogens is 2. The molecule has 0 aliphatic carbocycles. The minimum Gasteiger partial charge on any atom is -0.494 e. The largest absolute Gasteiger partial charge is 0.494 e. The first-order valence-electron chi connectivity index (χ1n) is 5.89. The normalized spacial score (nSPS) is 11.6. The first-order valence-corrected chi connectivity index (χ1v) is 5.89. The summed E-state index contributed by atoms with van der Waals surface area (Å²) in [5.41, 5.74) is -1.65. The molecule has 0 atom stereocenters. The number of hydrogen-bond acceptors (Lipinski definition) is 3. The Morgan fingerprint density at radius 1 is 1.29 bits per heavy atom. The summed E-state index contributed by atoms with van der Waals surface area (Å²) in [6.07, 6.45) is -4.70. The number of rotatable bonds is 2. The zero-order valence-corrected chi connectivity index (χ0v) is 10.9. The van der Waals surface area contributed by atoms with Crippen LogP contribution in [0.2, 0.25) is 0 Å². The van der Waals surface area contributed by atoms with E-state index in [-0.39, 0.29) is 15.7 Å². The lowest BCUT2D eigenvalue weighted by molar-refractivity contribution is -0.142. The maximum Gasteiger partial charge on any atom is 0.406 e. The van der Waals surface area contributed by atoms with Crippen LogP contribution in [-0.4, -0.2) is 20.8 Å². The predicted octanol–water partition coefficient (Wildman–Crippen LogP) is 1.78. The number of aromatic amines is 1. The minimum atomic E-state index is -4.70. The van der Waals surface area contributed by atoms with E-state index < -0.39 is 29.9 Å². The molecule has 0 radical (unpaired) electrons. The number of nitrogens with one attached hydrogen (secondary N) is 1. The van der Waals surface area contributed by atoms with Crippen LogP contribution in [0.5, 0.6) is 5.88 Å². The van der Waals surface area contributed by atoms with E-state index in [2.05, 4.69) is 0 Å². The Hall–Kier alpha value is -2.51. The molecule has 0 aliphatic rings. The van der Waals surface area contributed by atoms with Crippen LogP contribution in [0.3, 0.4) is 0 Å². The Kier molecular flexibility index (Phi) is 3.63. The van der Waals surface area contributed by atoms with Crippen molar-refractivity contribution in [2.45, 2.75) is 19.6 Å². The van der Waals surface area contributed by atoms with Crippen LogP contribution in [0, 0.1) is 6.92 Å². The summed E-state index contributed by atoms with van der Waals surface area (Å²) in [6.45, 7) is 0.0355. The number of alkyl halides is 3. The highest BCUT2D eigenvalue weighted by Gasteiger charge is 2.31. The molecule has 0 saturated heterocycles. The van der Waals surface area contributed by atoms with Gasteiger partial charge in [-0.1, -0.05) is 29.8 Å². The van der Waals surface area contributed by atoms with Crippen molar-refractivity contribution in [1.82, 2.24) is 9.55 Å². The highest BCUT2D eigenvalue weighted by Crippen LogP contribution is 2.27. The summed E-state index contributed by atoms with van der Waals surface area (Å²) in [4.78, 5) is 25.0. The number of hydrogen-bond donors (Lipinski definition) is 2. The van der Waals surface area contributed by atoms with Crippen LogP contribution >= 0.6 is 0 Å². The van der Waals surface area contributed by atoms with E-state index in [0.717, 1.165) is 5.56 Å². The zero-order valence-electron chi connectivity index (χ0n) is 10.9. The van der Waals surface area contributed by atoms with Gasteiger partial charge < -0.3 is 5.11 Å². The average Bonchev–Trinajstić information content (AvgIpc) is 2.33. The predicted molar refractivity (Wildman–Crippen MR) is 69.2 cm³/mol. The molecule has 0 spiro atoms. The second kappa shape index (κ2) is 5.12. The fourth-order valence-electron chi connectivity index (χ4n) is 1.95. The van der Waals surface area contributed by atoms with E-state index in [9.17, 15) is 27.9 Å². The molecule has 0 aliphatic heterocycles. The molecule has 2 aromatic rings. The number of aryl methyl sites for hydroxylation is 1. The molecule has 2 rings (SSSR count). The summed E-state index contributed by atoms with van der Waals surface area (Å²) < 4.78 is 37.4. The quantitative estimate of drug-likeness (QED) is 0.887. The maximum atomic E-state index is 12.4. The Morgan fingerprint density at radius 2 is 1.95 bits per heavy atom. The summed E-state index contributed by atoms with van der Waals surface area (Å²) >= 11 is 0. The Morgan fingerprint density at radius 3 is 2.52 bits per heavy atom. The van der Waals surface area contributed by atoms with Crippen LogP contribution in [0.15, 0.2) is 33.9 Å². The van der Waals surface area contributed by atoms with Crippen LogP contribution in [0.4, 0.5) is 13.2 Å². The fourth-order valence-corrected chi connectivity index (χ4v) is 1.95. The monoisotopic (exact) mass is 300 g/mol. The summed E-state index contributed by atoms with van der Waals surface area (Å²) in [7, 11) is 0. The molecule has 0 unspecified atom stereocenters. The van der Waals surface area contributed by atoms with Gasteiger partial charge >= 0.3 is 11.9 Å². The summed E-state index contributed by atoms with van der Waals surface area (Å²) in [6, 6.07) is 6.29. The highest BCUT2D eigenvalue weighted by atomic mass is 19.4. The van der Waals surface area contributed by atoms with Gasteiger partial charge in [-0.2, -0.15) is 13.2 Å². The molecule has 21 heavy (non-hydrogen) atoms. The third-order valence-electron chi connectivity index (χ3n) is 2.82.